The van der Waals surface area contributed by atoms with Gasteiger partial charge in [0, 0.05) is 24.2 Å². The molecule has 0 heterocycles. The molecule has 9 nitrogen and oxygen atoms in total. The van der Waals surface area contributed by atoms with Gasteiger partial charge in [0.1, 0.15) is 29.2 Å². The zero-order valence-corrected chi connectivity index (χ0v) is 24.2. The Balaban J connectivity index is 2.05. The molecule has 9 heteroatoms. The highest BCUT2D eigenvalue weighted by molar-refractivity contribution is 5.99. The minimum absolute atomic E-state index is 0.0665. The first-order chi connectivity index (χ1) is 19.4. The van der Waals surface area contributed by atoms with Gasteiger partial charge in [-0.3, -0.25) is 9.59 Å². The summed E-state index contributed by atoms with van der Waals surface area (Å²) < 4.78 is 5.44. The molecule has 0 aromatic heterocycles. The van der Waals surface area contributed by atoms with Crippen LogP contribution in [0.1, 0.15) is 56.8 Å². The van der Waals surface area contributed by atoms with E-state index in [1.54, 1.807) is 63.2 Å². The van der Waals surface area contributed by atoms with Gasteiger partial charge in [0.25, 0.3) is 5.91 Å². The molecule has 2 unspecified atom stereocenters. The van der Waals surface area contributed by atoms with Gasteiger partial charge in [-0.15, -0.1) is 0 Å². The number of nitrogens with zero attached hydrogens (tertiary/aromatic N) is 1. The molecule has 3 amide bonds. The molecule has 41 heavy (non-hydrogen) atoms. The molecule has 0 saturated heterocycles. The maximum atomic E-state index is 14.3. The number of para-hydroxylation sites is 2. The van der Waals surface area contributed by atoms with Crippen LogP contribution in [0.2, 0.25) is 0 Å². The van der Waals surface area contributed by atoms with Crippen LogP contribution in [-0.2, 0) is 20.7 Å². The number of aryl methyl sites for hydroxylation is 1. The van der Waals surface area contributed by atoms with E-state index >= 15 is 0 Å². The number of benzene rings is 3. The summed E-state index contributed by atoms with van der Waals surface area (Å²) in [6.45, 7) is 9.06. The fourth-order valence-corrected chi connectivity index (χ4v) is 4.41. The van der Waals surface area contributed by atoms with Crippen molar-refractivity contribution in [2.75, 3.05) is 11.9 Å². The van der Waals surface area contributed by atoms with E-state index in [0.29, 0.717) is 17.7 Å². The summed E-state index contributed by atoms with van der Waals surface area (Å²) >= 11 is 0. The van der Waals surface area contributed by atoms with Gasteiger partial charge in [-0.1, -0.05) is 55.5 Å². The molecule has 0 saturated carbocycles. The lowest BCUT2D eigenvalue weighted by Gasteiger charge is -2.34. The highest BCUT2D eigenvalue weighted by atomic mass is 16.6. The average molecular weight is 562 g/mol. The molecule has 3 aromatic rings. The predicted molar refractivity (Wildman–Crippen MR) is 158 cm³/mol. The summed E-state index contributed by atoms with van der Waals surface area (Å²) in [6, 6.07) is 17.6. The zero-order valence-electron chi connectivity index (χ0n) is 24.2. The molecule has 0 radical (unpaired) electrons. The van der Waals surface area contributed by atoms with Crippen molar-refractivity contribution in [2.24, 2.45) is 0 Å². The molecule has 218 valence electrons. The SMILES string of the molecule is CCCN(C(=O)C(Cc1ccc(O)cc1)NC(=O)OC(C)(C)C)C(C(=O)Nc1ccccc1C)c1ccccc1O. The maximum absolute atomic E-state index is 14.3. The van der Waals surface area contributed by atoms with Gasteiger partial charge >= 0.3 is 6.09 Å². The summed E-state index contributed by atoms with van der Waals surface area (Å²) in [4.78, 5) is 42.4. The number of carbonyl (C=O) groups excluding carboxylic acids is 3. The molecule has 3 aromatic carbocycles. The van der Waals surface area contributed by atoms with Crippen LogP contribution in [0.3, 0.4) is 0 Å². The Morgan fingerprint density at radius 1 is 0.927 bits per heavy atom. The lowest BCUT2D eigenvalue weighted by atomic mass is 9.99. The fourth-order valence-electron chi connectivity index (χ4n) is 4.41. The number of nitrogens with one attached hydrogen (secondary N) is 2. The maximum Gasteiger partial charge on any atom is 0.408 e. The van der Waals surface area contributed by atoms with Crippen molar-refractivity contribution in [2.45, 2.75) is 65.1 Å². The number of aromatic hydroxyl groups is 2. The normalized spacial score (nSPS) is 12.6. The second-order valence-electron chi connectivity index (χ2n) is 10.9. The van der Waals surface area contributed by atoms with E-state index < -0.39 is 35.6 Å². The van der Waals surface area contributed by atoms with E-state index in [1.165, 1.54) is 23.1 Å². The van der Waals surface area contributed by atoms with Crippen molar-refractivity contribution in [1.82, 2.24) is 10.2 Å². The van der Waals surface area contributed by atoms with Crippen molar-refractivity contribution in [3.05, 3.63) is 89.5 Å². The molecular formula is C32H39N3O6. The topological polar surface area (TPSA) is 128 Å². The smallest absolute Gasteiger partial charge is 0.408 e. The minimum Gasteiger partial charge on any atom is -0.508 e. The summed E-state index contributed by atoms with van der Waals surface area (Å²) in [5, 5.41) is 26.1. The van der Waals surface area contributed by atoms with Gasteiger partial charge < -0.3 is 30.5 Å². The number of hydrogen-bond acceptors (Lipinski definition) is 6. The summed E-state index contributed by atoms with van der Waals surface area (Å²) in [6.07, 6.45) is -0.202. The Labute approximate surface area is 241 Å². The lowest BCUT2D eigenvalue weighted by Crippen LogP contribution is -2.53. The first-order valence-electron chi connectivity index (χ1n) is 13.6. The number of phenols is 2. The first-order valence-corrected chi connectivity index (χ1v) is 13.6. The van der Waals surface area contributed by atoms with Crippen LogP contribution in [0.4, 0.5) is 10.5 Å². The first kappa shape index (κ1) is 31.0. The van der Waals surface area contributed by atoms with Gasteiger partial charge in [-0.05, 0) is 69.5 Å². The molecule has 0 spiro atoms. The summed E-state index contributed by atoms with van der Waals surface area (Å²) in [5.41, 5.74) is 1.54. The lowest BCUT2D eigenvalue weighted by molar-refractivity contribution is -0.140. The number of hydrogen-bond donors (Lipinski definition) is 4. The molecule has 0 bridgehead atoms. The fraction of sp³-hybridized carbons (Fsp3) is 0.344. The summed E-state index contributed by atoms with van der Waals surface area (Å²) in [5.74, 6) is -1.11. The van der Waals surface area contributed by atoms with Gasteiger partial charge in [-0.25, -0.2) is 4.79 Å². The number of ether oxygens (including phenoxy) is 1. The van der Waals surface area contributed by atoms with Crippen LogP contribution >= 0.6 is 0 Å². The summed E-state index contributed by atoms with van der Waals surface area (Å²) in [7, 11) is 0. The van der Waals surface area contributed by atoms with E-state index in [0.717, 1.165) is 5.56 Å². The third-order valence-corrected chi connectivity index (χ3v) is 6.31. The van der Waals surface area contributed by atoms with E-state index in [-0.39, 0.29) is 30.0 Å². The number of phenolic OH excluding ortho intramolecular Hbond substituents is 2. The van der Waals surface area contributed by atoms with Crippen LogP contribution in [0.5, 0.6) is 11.5 Å². The van der Waals surface area contributed by atoms with Crippen LogP contribution < -0.4 is 10.6 Å². The highest BCUT2D eigenvalue weighted by Gasteiger charge is 2.37. The van der Waals surface area contributed by atoms with Crippen LogP contribution in [-0.4, -0.2) is 51.2 Å². The monoisotopic (exact) mass is 561 g/mol. The molecule has 2 atom stereocenters. The Morgan fingerprint density at radius 2 is 1.56 bits per heavy atom. The second kappa shape index (κ2) is 13.7. The molecular weight excluding hydrogens is 522 g/mol. The van der Waals surface area contributed by atoms with E-state index in [1.807, 2.05) is 26.0 Å². The van der Waals surface area contributed by atoms with E-state index in [9.17, 15) is 24.6 Å². The van der Waals surface area contributed by atoms with E-state index in [4.69, 9.17) is 4.74 Å². The Hall–Kier alpha value is -4.53. The zero-order chi connectivity index (χ0) is 30.2. The molecule has 0 aliphatic rings. The van der Waals surface area contributed by atoms with Gasteiger partial charge in [0.2, 0.25) is 5.91 Å². The standard InChI is InChI=1S/C32H39N3O6/c1-6-19-35(28(24-12-8-10-14-27(24)37)29(38)33-25-13-9-7-11-21(25)2)30(39)26(34-31(40)41-32(3,4)5)20-22-15-17-23(36)18-16-22/h7-18,26,28,36-37H,6,19-20H2,1-5H3,(H,33,38)(H,34,40). The highest BCUT2D eigenvalue weighted by Crippen LogP contribution is 2.31. The van der Waals surface area contributed by atoms with Crippen molar-refractivity contribution < 1.29 is 29.3 Å². The average Bonchev–Trinajstić information content (AvgIpc) is 2.90. The Kier molecular flexibility index (Phi) is 10.4. The molecule has 4 N–H and O–H groups in total. The van der Waals surface area contributed by atoms with Crippen LogP contribution in [0.15, 0.2) is 72.8 Å². The Morgan fingerprint density at radius 3 is 2.17 bits per heavy atom. The van der Waals surface area contributed by atoms with E-state index in [2.05, 4.69) is 10.6 Å². The number of rotatable bonds is 10. The van der Waals surface area contributed by atoms with Crippen molar-refractivity contribution >= 4 is 23.6 Å². The molecule has 0 aliphatic heterocycles. The molecule has 0 aliphatic carbocycles. The van der Waals surface area contributed by atoms with Gasteiger partial charge in [0.05, 0.1) is 0 Å². The third-order valence-electron chi connectivity index (χ3n) is 6.31. The number of anilines is 1. The van der Waals surface area contributed by atoms with Crippen molar-refractivity contribution in [1.29, 1.82) is 0 Å². The number of carbonyl (C=O) groups is 3. The Bertz CT molecular complexity index is 1350. The number of amides is 3. The third kappa shape index (κ3) is 8.73. The predicted octanol–water partition coefficient (Wildman–Crippen LogP) is 5.46. The quantitative estimate of drug-likeness (QED) is 0.260. The molecule has 0 fully saturated rings. The van der Waals surface area contributed by atoms with Crippen LogP contribution in [0.25, 0.3) is 0 Å². The van der Waals surface area contributed by atoms with Gasteiger partial charge in [-0.2, -0.15) is 0 Å². The van der Waals surface area contributed by atoms with Crippen molar-refractivity contribution in [3.8, 4) is 11.5 Å². The van der Waals surface area contributed by atoms with Crippen LogP contribution in [0, 0.1) is 6.92 Å². The second-order valence-corrected chi connectivity index (χ2v) is 10.9. The number of alkyl carbamates (subject to hydrolysis) is 1. The van der Waals surface area contributed by atoms with Crippen molar-refractivity contribution in [3.63, 3.8) is 0 Å². The minimum atomic E-state index is -1.20. The largest absolute Gasteiger partial charge is 0.508 e. The molecule has 3 rings (SSSR count). The van der Waals surface area contributed by atoms with Gasteiger partial charge in [0.15, 0.2) is 0 Å².